The molecule has 0 bridgehead atoms. The minimum absolute atomic E-state index is 0.0658. The number of nitrogens with one attached hydrogen (secondary N) is 2. The third kappa shape index (κ3) is 3.94. The third-order valence-electron chi connectivity index (χ3n) is 4.86. The second-order valence-electron chi connectivity index (χ2n) is 6.80. The van der Waals surface area contributed by atoms with Crippen molar-refractivity contribution in [2.24, 2.45) is 0 Å². The molecule has 2 unspecified atom stereocenters. The van der Waals surface area contributed by atoms with Gasteiger partial charge in [-0.3, -0.25) is 9.78 Å². The zero-order valence-corrected chi connectivity index (χ0v) is 15.2. The summed E-state index contributed by atoms with van der Waals surface area (Å²) in [6.07, 6.45) is -0.299. The maximum absolute atomic E-state index is 13.7. The van der Waals surface area contributed by atoms with Gasteiger partial charge in [-0.2, -0.15) is 18.3 Å². The second kappa shape index (κ2) is 7.57. The van der Waals surface area contributed by atoms with Crippen LogP contribution in [0.2, 0.25) is 0 Å². The van der Waals surface area contributed by atoms with Crippen LogP contribution in [0.1, 0.15) is 40.0 Å². The molecule has 0 saturated heterocycles. The molecule has 0 spiro atoms. The van der Waals surface area contributed by atoms with E-state index in [0.29, 0.717) is 0 Å². The first kappa shape index (κ1) is 19.0. The van der Waals surface area contributed by atoms with Crippen LogP contribution in [-0.2, 0) is 6.54 Å². The van der Waals surface area contributed by atoms with E-state index in [-0.39, 0.29) is 24.3 Å². The summed E-state index contributed by atoms with van der Waals surface area (Å²) in [7, 11) is 0. The van der Waals surface area contributed by atoms with E-state index in [4.69, 9.17) is 0 Å². The van der Waals surface area contributed by atoms with Crippen molar-refractivity contribution in [1.82, 2.24) is 20.1 Å². The lowest BCUT2D eigenvalue weighted by molar-refractivity contribution is -0.173. The Morgan fingerprint density at radius 2 is 1.97 bits per heavy atom. The van der Waals surface area contributed by atoms with Gasteiger partial charge in [0, 0.05) is 25.4 Å². The number of carbonyl (C=O) groups excluding carboxylic acids is 1. The van der Waals surface area contributed by atoms with Gasteiger partial charge in [-0.15, -0.1) is 0 Å². The first-order chi connectivity index (χ1) is 13.9. The molecule has 2 aromatic heterocycles. The van der Waals surface area contributed by atoms with E-state index >= 15 is 0 Å². The molecule has 150 valence electrons. The average molecular weight is 401 g/mol. The van der Waals surface area contributed by atoms with E-state index in [0.717, 1.165) is 15.8 Å². The van der Waals surface area contributed by atoms with Crippen LogP contribution in [0.3, 0.4) is 0 Å². The topological polar surface area (TPSA) is 71.8 Å². The highest BCUT2D eigenvalue weighted by molar-refractivity contribution is 5.98. The number of hydrogen-bond acceptors (Lipinski definition) is 4. The van der Waals surface area contributed by atoms with Crippen LogP contribution in [0.15, 0.2) is 61.1 Å². The van der Waals surface area contributed by atoms with Crippen molar-refractivity contribution in [2.45, 2.75) is 31.2 Å². The van der Waals surface area contributed by atoms with Gasteiger partial charge in [0.2, 0.25) is 0 Å². The van der Waals surface area contributed by atoms with Crippen LogP contribution in [0, 0.1) is 0 Å². The number of benzene rings is 1. The summed E-state index contributed by atoms with van der Waals surface area (Å²) in [6.45, 7) is 0.210. The lowest BCUT2D eigenvalue weighted by Crippen LogP contribution is -2.36. The highest BCUT2D eigenvalue weighted by Crippen LogP contribution is 2.44. The van der Waals surface area contributed by atoms with Gasteiger partial charge in [-0.1, -0.05) is 36.4 Å². The smallest absolute Gasteiger partial charge is 0.363 e. The lowest BCUT2D eigenvalue weighted by atomic mass is 9.96. The summed E-state index contributed by atoms with van der Waals surface area (Å²) in [6, 6.07) is 10.0. The minimum Gasteiger partial charge on any atom is -0.363 e. The van der Waals surface area contributed by atoms with Crippen molar-refractivity contribution in [2.75, 3.05) is 5.32 Å². The van der Waals surface area contributed by atoms with E-state index in [1.54, 1.807) is 54.9 Å². The standard InChI is InChI=1S/C20H18F3N5O/c21-20(22,23)17-9-16(14-6-2-1-3-7-14)27-18-15(12-26-28(17)18)19(29)25-11-13-5-4-8-24-10-13/h1-8,10,12,16-17,27H,9,11H2,(H,25,29). The lowest BCUT2D eigenvalue weighted by Gasteiger charge is -2.34. The number of pyridine rings is 1. The SMILES string of the molecule is O=C(NCc1cccnc1)c1cnn2c1NC(c1ccccc1)CC2C(F)(F)F. The van der Waals surface area contributed by atoms with E-state index < -0.39 is 24.2 Å². The molecule has 1 amide bonds. The molecule has 29 heavy (non-hydrogen) atoms. The molecule has 3 heterocycles. The number of amides is 1. The number of alkyl halides is 3. The van der Waals surface area contributed by atoms with Crippen LogP contribution in [0.25, 0.3) is 0 Å². The van der Waals surface area contributed by atoms with Gasteiger partial charge >= 0.3 is 6.18 Å². The molecule has 2 atom stereocenters. The molecule has 3 aromatic rings. The number of nitrogens with zero attached hydrogens (tertiary/aromatic N) is 3. The van der Waals surface area contributed by atoms with E-state index in [9.17, 15) is 18.0 Å². The van der Waals surface area contributed by atoms with E-state index in [1.165, 1.54) is 6.20 Å². The fourth-order valence-electron chi connectivity index (χ4n) is 3.41. The summed E-state index contributed by atoms with van der Waals surface area (Å²) >= 11 is 0. The quantitative estimate of drug-likeness (QED) is 0.696. The number of carbonyl (C=O) groups is 1. The Morgan fingerprint density at radius 3 is 2.66 bits per heavy atom. The number of fused-ring (bicyclic) bond motifs is 1. The van der Waals surface area contributed by atoms with Gasteiger partial charge in [0.25, 0.3) is 5.91 Å². The van der Waals surface area contributed by atoms with Crippen molar-refractivity contribution >= 4 is 11.7 Å². The van der Waals surface area contributed by atoms with E-state index in [2.05, 4.69) is 20.7 Å². The number of rotatable bonds is 4. The Kier molecular flexibility index (Phi) is 4.96. The van der Waals surface area contributed by atoms with Crippen LogP contribution in [0.5, 0.6) is 0 Å². The Hall–Kier alpha value is -3.36. The van der Waals surface area contributed by atoms with Crippen molar-refractivity contribution in [3.8, 4) is 0 Å². The van der Waals surface area contributed by atoms with Crippen LogP contribution >= 0.6 is 0 Å². The predicted octanol–water partition coefficient (Wildman–Crippen LogP) is 3.87. The van der Waals surface area contributed by atoms with Crippen molar-refractivity contribution in [1.29, 1.82) is 0 Å². The maximum atomic E-state index is 13.7. The van der Waals surface area contributed by atoms with Gasteiger partial charge in [-0.05, 0) is 17.2 Å². The zero-order valence-electron chi connectivity index (χ0n) is 15.2. The van der Waals surface area contributed by atoms with Crippen molar-refractivity contribution in [3.05, 3.63) is 77.7 Å². The summed E-state index contributed by atoms with van der Waals surface area (Å²) in [5, 5.41) is 9.65. The molecular formula is C20H18F3N5O. The van der Waals surface area contributed by atoms with Gasteiger partial charge in [0.1, 0.15) is 11.4 Å². The predicted molar refractivity (Wildman–Crippen MR) is 100 cm³/mol. The molecule has 9 heteroatoms. The van der Waals surface area contributed by atoms with Gasteiger partial charge in [-0.25, -0.2) is 4.68 Å². The van der Waals surface area contributed by atoms with Gasteiger partial charge < -0.3 is 10.6 Å². The average Bonchev–Trinajstić information content (AvgIpc) is 3.16. The molecule has 0 radical (unpaired) electrons. The number of hydrogen-bond donors (Lipinski definition) is 2. The maximum Gasteiger partial charge on any atom is 0.410 e. The third-order valence-corrected chi connectivity index (χ3v) is 4.86. The van der Waals surface area contributed by atoms with Crippen molar-refractivity contribution < 1.29 is 18.0 Å². The summed E-state index contributed by atoms with van der Waals surface area (Å²) in [5.41, 5.74) is 1.57. The molecule has 4 rings (SSSR count). The second-order valence-corrected chi connectivity index (χ2v) is 6.80. The largest absolute Gasteiger partial charge is 0.410 e. The zero-order chi connectivity index (χ0) is 20.4. The van der Waals surface area contributed by atoms with Crippen LogP contribution in [-0.4, -0.2) is 26.8 Å². The Morgan fingerprint density at radius 1 is 1.17 bits per heavy atom. The Labute approximate surface area is 164 Å². The summed E-state index contributed by atoms with van der Waals surface area (Å²) < 4.78 is 41.9. The highest BCUT2D eigenvalue weighted by atomic mass is 19.4. The fraction of sp³-hybridized carbons (Fsp3) is 0.250. The molecule has 0 fully saturated rings. The number of anilines is 1. The van der Waals surface area contributed by atoms with E-state index in [1.807, 2.05) is 0 Å². The van der Waals surface area contributed by atoms with Gasteiger partial charge in [0.15, 0.2) is 6.04 Å². The van der Waals surface area contributed by atoms with Crippen LogP contribution < -0.4 is 10.6 Å². The molecule has 0 saturated carbocycles. The molecule has 0 aliphatic carbocycles. The molecule has 1 aliphatic rings. The van der Waals surface area contributed by atoms with Gasteiger partial charge in [0.05, 0.1) is 12.2 Å². The summed E-state index contributed by atoms with van der Waals surface area (Å²) in [4.78, 5) is 16.6. The fourth-order valence-corrected chi connectivity index (χ4v) is 3.41. The molecule has 1 aliphatic heterocycles. The van der Waals surface area contributed by atoms with Crippen molar-refractivity contribution in [3.63, 3.8) is 0 Å². The Balaban J connectivity index is 1.62. The monoisotopic (exact) mass is 401 g/mol. The van der Waals surface area contributed by atoms with Crippen LogP contribution in [0.4, 0.5) is 19.0 Å². The minimum atomic E-state index is -4.49. The normalized spacial score (nSPS) is 18.6. The number of aromatic nitrogens is 3. The molecule has 2 N–H and O–H groups in total. The molecule has 6 nitrogen and oxygen atoms in total. The molecule has 1 aromatic carbocycles. The first-order valence-electron chi connectivity index (χ1n) is 9.06. The number of halogens is 3. The molecular weight excluding hydrogens is 383 g/mol. The highest BCUT2D eigenvalue weighted by Gasteiger charge is 2.47. The Bertz CT molecular complexity index is 988. The first-order valence-corrected chi connectivity index (χ1v) is 9.06. The summed E-state index contributed by atoms with van der Waals surface area (Å²) in [5.74, 6) is -0.437.